The molecule has 2 rings (SSSR count). The van der Waals surface area contributed by atoms with E-state index >= 15 is 0 Å². The number of carbonyl (C=O) groups excluding carboxylic acids is 1. The topological polar surface area (TPSA) is 112 Å². The van der Waals surface area contributed by atoms with E-state index in [1.165, 1.54) is 19.2 Å². The average Bonchev–Trinajstić information content (AvgIpc) is 2.99. The smallest absolute Gasteiger partial charge is 0.356 e. The van der Waals surface area contributed by atoms with Gasteiger partial charge in [-0.15, -0.1) is 0 Å². The van der Waals surface area contributed by atoms with E-state index in [2.05, 4.69) is 20.0 Å². The molecule has 2 aromatic rings. The lowest BCUT2D eigenvalue weighted by Crippen LogP contribution is -2.11. The second-order valence-electron chi connectivity index (χ2n) is 4.34. The third-order valence-corrected chi connectivity index (χ3v) is 3.04. The maximum atomic E-state index is 11.5. The number of carbonyl (C=O) groups is 1. The summed E-state index contributed by atoms with van der Waals surface area (Å²) in [5.74, 6) is -0.645. The van der Waals surface area contributed by atoms with E-state index in [9.17, 15) is 14.9 Å². The van der Waals surface area contributed by atoms with Gasteiger partial charge in [0.1, 0.15) is 0 Å². The molecule has 2 heterocycles. The van der Waals surface area contributed by atoms with Crippen molar-refractivity contribution in [2.75, 3.05) is 12.4 Å². The molecule has 0 aliphatic heterocycles. The quantitative estimate of drug-likeness (QED) is 0.490. The molecule has 22 heavy (non-hydrogen) atoms. The first-order chi connectivity index (χ1) is 10.6. The van der Waals surface area contributed by atoms with Crippen LogP contribution in [0, 0.1) is 10.1 Å². The molecule has 0 radical (unpaired) electrons. The molecule has 0 spiro atoms. The predicted octanol–water partition coefficient (Wildman–Crippen LogP) is 1.60. The van der Waals surface area contributed by atoms with Gasteiger partial charge in [-0.05, 0) is 13.0 Å². The van der Waals surface area contributed by atoms with Gasteiger partial charge in [0.05, 0.1) is 30.6 Å². The molecule has 0 unspecified atom stereocenters. The van der Waals surface area contributed by atoms with Crippen LogP contribution in [0.1, 0.15) is 23.1 Å². The number of hydrogen-bond donors (Lipinski definition) is 1. The van der Waals surface area contributed by atoms with E-state index in [1.54, 1.807) is 12.5 Å². The van der Waals surface area contributed by atoms with E-state index in [0.29, 0.717) is 6.54 Å². The SMILES string of the molecule is CCn1cncc1CNc1nc(C(=O)OC)ccc1[N+](=O)[O-]. The Bertz CT molecular complexity index is 697. The number of anilines is 1. The van der Waals surface area contributed by atoms with Crippen molar-refractivity contribution in [3.8, 4) is 0 Å². The van der Waals surface area contributed by atoms with Gasteiger partial charge in [-0.1, -0.05) is 0 Å². The fourth-order valence-electron chi connectivity index (χ4n) is 1.90. The number of methoxy groups -OCH3 is 1. The van der Waals surface area contributed by atoms with Gasteiger partial charge in [0.25, 0.3) is 0 Å². The lowest BCUT2D eigenvalue weighted by molar-refractivity contribution is -0.384. The molecule has 2 aromatic heterocycles. The lowest BCUT2D eigenvalue weighted by atomic mass is 10.3. The number of hydrogen-bond acceptors (Lipinski definition) is 7. The zero-order valence-electron chi connectivity index (χ0n) is 12.1. The molecule has 9 heteroatoms. The van der Waals surface area contributed by atoms with Crippen LogP contribution in [-0.4, -0.2) is 32.5 Å². The Kier molecular flexibility index (Phi) is 4.66. The molecule has 0 saturated heterocycles. The molecule has 0 aliphatic rings. The first-order valence-electron chi connectivity index (χ1n) is 6.53. The third-order valence-electron chi connectivity index (χ3n) is 3.04. The van der Waals surface area contributed by atoms with Crippen molar-refractivity contribution >= 4 is 17.5 Å². The van der Waals surface area contributed by atoms with Gasteiger partial charge in [0.15, 0.2) is 5.69 Å². The highest BCUT2D eigenvalue weighted by Crippen LogP contribution is 2.23. The van der Waals surface area contributed by atoms with Crippen LogP contribution in [0.5, 0.6) is 0 Å². The molecule has 0 bridgehead atoms. The fourth-order valence-corrected chi connectivity index (χ4v) is 1.90. The van der Waals surface area contributed by atoms with Gasteiger partial charge < -0.3 is 14.6 Å². The molecule has 0 aromatic carbocycles. The third kappa shape index (κ3) is 3.19. The number of pyridine rings is 1. The van der Waals surface area contributed by atoms with Crippen molar-refractivity contribution in [1.82, 2.24) is 14.5 Å². The van der Waals surface area contributed by atoms with Crippen LogP contribution in [0.2, 0.25) is 0 Å². The van der Waals surface area contributed by atoms with Crippen molar-refractivity contribution in [2.45, 2.75) is 20.0 Å². The standard InChI is InChI=1S/C13H15N5O4/c1-3-17-8-14-6-9(17)7-15-12-11(18(20)21)5-4-10(16-12)13(19)22-2/h4-6,8H,3,7H2,1-2H3,(H,15,16). The maximum absolute atomic E-state index is 11.5. The van der Waals surface area contributed by atoms with E-state index in [0.717, 1.165) is 12.2 Å². The molecule has 0 fully saturated rings. The minimum atomic E-state index is -0.656. The average molecular weight is 305 g/mol. The Morgan fingerprint density at radius 2 is 2.27 bits per heavy atom. The number of ether oxygens (including phenoxy) is 1. The number of nitrogens with zero attached hydrogens (tertiary/aromatic N) is 4. The first-order valence-corrected chi connectivity index (χ1v) is 6.53. The highest BCUT2D eigenvalue weighted by Gasteiger charge is 2.19. The van der Waals surface area contributed by atoms with Gasteiger partial charge in [-0.3, -0.25) is 10.1 Å². The van der Waals surface area contributed by atoms with Crippen molar-refractivity contribution in [3.05, 3.63) is 46.2 Å². The van der Waals surface area contributed by atoms with Crippen LogP contribution in [0.15, 0.2) is 24.7 Å². The monoisotopic (exact) mass is 305 g/mol. The molecule has 0 aliphatic carbocycles. The molecule has 9 nitrogen and oxygen atoms in total. The molecule has 1 N–H and O–H groups in total. The van der Waals surface area contributed by atoms with Crippen LogP contribution >= 0.6 is 0 Å². The Morgan fingerprint density at radius 3 is 2.91 bits per heavy atom. The lowest BCUT2D eigenvalue weighted by Gasteiger charge is -2.09. The minimum absolute atomic E-state index is 0.000371. The minimum Gasteiger partial charge on any atom is -0.464 e. The number of aromatic nitrogens is 3. The Balaban J connectivity index is 2.27. The summed E-state index contributed by atoms with van der Waals surface area (Å²) in [7, 11) is 1.22. The van der Waals surface area contributed by atoms with E-state index in [-0.39, 0.29) is 17.2 Å². The number of rotatable bonds is 6. The number of nitrogens with one attached hydrogen (secondary N) is 1. The largest absolute Gasteiger partial charge is 0.464 e. The van der Waals surface area contributed by atoms with Gasteiger partial charge >= 0.3 is 11.7 Å². The molecule has 0 atom stereocenters. The number of esters is 1. The zero-order chi connectivity index (χ0) is 16.1. The summed E-state index contributed by atoms with van der Waals surface area (Å²) in [6.45, 7) is 2.99. The second kappa shape index (κ2) is 6.66. The van der Waals surface area contributed by atoms with Gasteiger partial charge in [-0.2, -0.15) is 0 Å². The fraction of sp³-hybridized carbons (Fsp3) is 0.308. The Labute approximate surface area is 126 Å². The summed E-state index contributed by atoms with van der Waals surface area (Å²) in [6, 6.07) is 2.48. The summed E-state index contributed by atoms with van der Waals surface area (Å²) in [5.41, 5.74) is 0.636. The van der Waals surface area contributed by atoms with Gasteiger partial charge in [0, 0.05) is 18.8 Å². The van der Waals surface area contributed by atoms with Gasteiger partial charge in [-0.25, -0.2) is 14.8 Å². The number of nitro groups is 1. The van der Waals surface area contributed by atoms with Crippen LogP contribution < -0.4 is 5.32 Å². The summed E-state index contributed by atoms with van der Waals surface area (Å²) in [4.78, 5) is 29.9. The molecule has 0 saturated carbocycles. The Hall–Kier alpha value is -2.97. The van der Waals surface area contributed by atoms with Crippen molar-refractivity contribution < 1.29 is 14.5 Å². The van der Waals surface area contributed by atoms with Crippen LogP contribution in [0.25, 0.3) is 0 Å². The summed E-state index contributed by atoms with van der Waals surface area (Å²) in [5, 5.41) is 13.9. The zero-order valence-corrected chi connectivity index (χ0v) is 12.1. The van der Waals surface area contributed by atoms with E-state index in [4.69, 9.17) is 0 Å². The Morgan fingerprint density at radius 1 is 1.50 bits per heavy atom. The molecular formula is C13H15N5O4. The summed E-state index contributed by atoms with van der Waals surface area (Å²) in [6.07, 6.45) is 3.33. The van der Waals surface area contributed by atoms with Crippen LogP contribution in [0.4, 0.5) is 11.5 Å². The highest BCUT2D eigenvalue weighted by molar-refractivity contribution is 5.88. The summed E-state index contributed by atoms with van der Waals surface area (Å²) < 4.78 is 6.46. The number of aryl methyl sites for hydroxylation is 1. The van der Waals surface area contributed by atoms with Crippen molar-refractivity contribution in [2.24, 2.45) is 0 Å². The van der Waals surface area contributed by atoms with Crippen molar-refractivity contribution in [3.63, 3.8) is 0 Å². The van der Waals surface area contributed by atoms with E-state index < -0.39 is 10.9 Å². The first kappa shape index (κ1) is 15.4. The second-order valence-corrected chi connectivity index (χ2v) is 4.34. The predicted molar refractivity (Wildman–Crippen MR) is 77.5 cm³/mol. The summed E-state index contributed by atoms with van der Waals surface area (Å²) >= 11 is 0. The maximum Gasteiger partial charge on any atom is 0.356 e. The van der Waals surface area contributed by atoms with Gasteiger partial charge in [0.2, 0.25) is 5.82 Å². The van der Waals surface area contributed by atoms with Crippen LogP contribution in [-0.2, 0) is 17.8 Å². The molecule has 0 amide bonds. The molecule has 116 valence electrons. The highest BCUT2D eigenvalue weighted by atomic mass is 16.6. The molecular weight excluding hydrogens is 290 g/mol. The number of imidazole rings is 1. The van der Waals surface area contributed by atoms with Crippen molar-refractivity contribution in [1.29, 1.82) is 0 Å². The van der Waals surface area contributed by atoms with Crippen LogP contribution in [0.3, 0.4) is 0 Å². The van der Waals surface area contributed by atoms with E-state index in [1.807, 2.05) is 11.5 Å². The normalized spacial score (nSPS) is 10.3.